The van der Waals surface area contributed by atoms with Gasteiger partial charge in [-0.2, -0.15) is 5.26 Å². The summed E-state index contributed by atoms with van der Waals surface area (Å²) >= 11 is 0. The van der Waals surface area contributed by atoms with Crippen LogP contribution in [0.15, 0.2) is 18.2 Å². The summed E-state index contributed by atoms with van der Waals surface area (Å²) in [7, 11) is 2.11. The molecule has 1 atom stereocenters. The molecule has 0 bridgehead atoms. The molecule has 0 spiro atoms. The Hall–Kier alpha value is -1.44. The van der Waals surface area contributed by atoms with Crippen LogP contribution < -0.4 is 0 Å². The van der Waals surface area contributed by atoms with Crippen LogP contribution in [0.1, 0.15) is 17.0 Å². The quantitative estimate of drug-likeness (QED) is 0.833. The third kappa shape index (κ3) is 3.52. The molecule has 2 rings (SSSR count). The standard InChI is InChI=1S/C15H20FN3/c1-12-9-13(3-4-15(12)16)14(10-17)11-19-7-5-18(2)6-8-19/h3-4,9,14H,5-8,11H2,1-2H3. The van der Waals surface area contributed by atoms with Crippen molar-refractivity contribution in [1.29, 1.82) is 5.26 Å². The minimum Gasteiger partial charge on any atom is -0.304 e. The Balaban J connectivity index is 2.04. The van der Waals surface area contributed by atoms with E-state index >= 15 is 0 Å². The van der Waals surface area contributed by atoms with Crippen molar-refractivity contribution in [2.24, 2.45) is 0 Å². The molecule has 0 radical (unpaired) electrons. The maximum atomic E-state index is 13.3. The van der Waals surface area contributed by atoms with Crippen molar-refractivity contribution in [3.8, 4) is 6.07 Å². The highest BCUT2D eigenvalue weighted by Crippen LogP contribution is 2.20. The summed E-state index contributed by atoms with van der Waals surface area (Å²) in [6, 6.07) is 7.32. The Labute approximate surface area is 114 Å². The van der Waals surface area contributed by atoms with Crippen molar-refractivity contribution in [1.82, 2.24) is 9.80 Å². The molecule has 1 aliphatic heterocycles. The highest BCUT2D eigenvalue weighted by atomic mass is 19.1. The smallest absolute Gasteiger partial charge is 0.126 e. The second-order valence-electron chi connectivity index (χ2n) is 5.29. The van der Waals surface area contributed by atoms with Gasteiger partial charge in [0.2, 0.25) is 0 Å². The van der Waals surface area contributed by atoms with E-state index in [1.807, 2.05) is 0 Å². The lowest BCUT2D eigenvalue weighted by Crippen LogP contribution is -2.45. The van der Waals surface area contributed by atoms with Crippen LogP contribution >= 0.6 is 0 Å². The fraction of sp³-hybridized carbons (Fsp3) is 0.533. The van der Waals surface area contributed by atoms with Crippen LogP contribution in [0.3, 0.4) is 0 Å². The molecule has 1 fully saturated rings. The molecule has 1 aromatic rings. The summed E-state index contributed by atoms with van der Waals surface area (Å²) in [5, 5.41) is 9.34. The lowest BCUT2D eigenvalue weighted by atomic mass is 9.98. The summed E-state index contributed by atoms with van der Waals surface area (Å²) in [5.41, 5.74) is 1.52. The number of hydrogen-bond donors (Lipinski definition) is 0. The van der Waals surface area contributed by atoms with E-state index in [-0.39, 0.29) is 11.7 Å². The normalized spacial score (nSPS) is 19.1. The molecular formula is C15H20FN3. The molecule has 4 heteroatoms. The van der Waals surface area contributed by atoms with Crippen LogP contribution in [-0.4, -0.2) is 49.6 Å². The zero-order valence-electron chi connectivity index (χ0n) is 11.6. The minimum absolute atomic E-state index is 0.178. The topological polar surface area (TPSA) is 30.3 Å². The molecule has 0 aromatic heterocycles. The summed E-state index contributed by atoms with van der Waals surface area (Å²) in [6.07, 6.45) is 0. The first kappa shape index (κ1) is 14.0. The third-order valence-electron chi connectivity index (χ3n) is 3.78. The van der Waals surface area contributed by atoms with Gasteiger partial charge in [0.1, 0.15) is 5.82 Å². The molecule has 1 heterocycles. The molecule has 0 N–H and O–H groups in total. The van der Waals surface area contributed by atoms with E-state index in [0.717, 1.165) is 38.3 Å². The largest absolute Gasteiger partial charge is 0.304 e. The molecule has 3 nitrogen and oxygen atoms in total. The van der Waals surface area contributed by atoms with Gasteiger partial charge in [0.05, 0.1) is 12.0 Å². The van der Waals surface area contributed by atoms with Crippen LogP contribution in [0.4, 0.5) is 4.39 Å². The van der Waals surface area contributed by atoms with Crippen molar-refractivity contribution >= 4 is 0 Å². The molecule has 0 amide bonds. The van der Waals surface area contributed by atoms with E-state index < -0.39 is 0 Å². The molecule has 0 aliphatic carbocycles. The monoisotopic (exact) mass is 261 g/mol. The highest BCUT2D eigenvalue weighted by Gasteiger charge is 2.19. The van der Waals surface area contributed by atoms with Gasteiger partial charge in [-0.25, -0.2) is 4.39 Å². The maximum Gasteiger partial charge on any atom is 0.126 e. The van der Waals surface area contributed by atoms with Crippen molar-refractivity contribution < 1.29 is 4.39 Å². The maximum absolute atomic E-state index is 13.3. The van der Waals surface area contributed by atoms with E-state index in [0.29, 0.717) is 5.56 Å². The van der Waals surface area contributed by atoms with Crippen LogP contribution in [0.2, 0.25) is 0 Å². The molecule has 19 heavy (non-hydrogen) atoms. The zero-order chi connectivity index (χ0) is 13.8. The highest BCUT2D eigenvalue weighted by molar-refractivity contribution is 5.30. The van der Waals surface area contributed by atoms with Gasteiger partial charge in [0.25, 0.3) is 0 Å². The molecule has 102 valence electrons. The molecular weight excluding hydrogens is 241 g/mol. The summed E-state index contributed by atoms with van der Waals surface area (Å²) in [5.74, 6) is -0.386. The zero-order valence-corrected chi connectivity index (χ0v) is 11.6. The summed E-state index contributed by atoms with van der Waals surface area (Å²) < 4.78 is 13.3. The number of nitrogens with zero attached hydrogens (tertiary/aromatic N) is 3. The lowest BCUT2D eigenvalue weighted by Gasteiger charge is -2.33. The summed E-state index contributed by atoms with van der Waals surface area (Å²) in [6.45, 7) is 6.55. The minimum atomic E-state index is -0.208. The van der Waals surface area contributed by atoms with Gasteiger partial charge in [-0.3, -0.25) is 4.90 Å². The summed E-state index contributed by atoms with van der Waals surface area (Å²) in [4.78, 5) is 4.60. The van der Waals surface area contributed by atoms with Crippen LogP contribution in [0, 0.1) is 24.1 Å². The van der Waals surface area contributed by atoms with Gasteiger partial charge >= 0.3 is 0 Å². The van der Waals surface area contributed by atoms with Gasteiger partial charge < -0.3 is 4.90 Å². The van der Waals surface area contributed by atoms with E-state index in [4.69, 9.17) is 0 Å². The Morgan fingerprint density at radius 3 is 2.58 bits per heavy atom. The van der Waals surface area contributed by atoms with Crippen molar-refractivity contribution in [2.75, 3.05) is 39.8 Å². The number of likely N-dealkylation sites (N-methyl/N-ethyl adjacent to an activating group) is 1. The average Bonchev–Trinajstić information content (AvgIpc) is 2.41. The lowest BCUT2D eigenvalue weighted by molar-refractivity contribution is 0.152. The second-order valence-corrected chi connectivity index (χ2v) is 5.29. The van der Waals surface area contributed by atoms with Crippen molar-refractivity contribution in [3.05, 3.63) is 35.1 Å². The van der Waals surface area contributed by atoms with Crippen LogP contribution in [0.5, 0.6) is 0 Å². The first-order valence-electron chi connectivity index (χ1n) is 6.66. The Kier molecular flexibility index (Phi) is 4.52. The molecule has 1 unspecified atom stereocenters. The van der Waals surface area contributed by atoms with Gasteiger partial charge in [-0.15, -0.1) is 0 Å². The Morgan fingerprint density at radius 1 is 1.32 bits per heavy atom. The number of benzene rings is 1. The van der Waals surface area contributed by atoms with E-state index in [1.165, 1.54) is 6.07 Å². The number of nitriles is 1. The SMILES string of the molecule is Cc1cc(C(C#N)CN2CCN(C)CC2)ccc1F. The number of rotatable bonds is 3. The first-order valence-corrected chi connectivity index (χ1v) is 6.66. The molecule has 1 saturated heterocycles. The van der Waals surface area contributed by atoms with E-state index in [2.05, 4.69) is 22.9 Å². The first-order chi connectivity index (χ1) is 9.10. The number of hydrogen-bond acceptors (Lipinski definition) is 3. The van der Waals surface area contributed by atoms with Gasteiger partial charge in [0, 0.05) is 32.7 Å². The van der Waals surface area contributed by atoms with Crippen LogP contribution in [0.25, 0.3) is 0 Å². The van der Waals surface area contributed by atoms with Crippen molar-refractivity contribution in [3.63, 3.8) is 0 Å². The second kappa shape index (κ2) is 6.14. The van der Waals surface area contributed by atoms with Crippen LogP contribution in [-0.2, 0) is 0 Å². The Bertz CT molecular complexity index is 473. The molecule has 1 aliphatic rings. The third-order valence-corrected chi connectivity index (χ3v) is 3.78. The van der Waals surface area contributed by atoms with Gasteiger partial charge in [-0.05, 0) is 31.2 Å². The average molecular weight is 261 g/mol. The van der Waals surface area contributed by atoms with E-state index in [1.54, 1.807) is 19.1 Å². The van der Waals surface area contributed by atoms with Gasteiger partial charge in [0.15, 0.2) is 0 Å². The van der Waals surface area contributed by atoms with Gasteiger partial charge in [-0.1, -0.05) is 12.1 Å². The molecule has 1 aromatic carbocycles. The predicted molar refractivity (Wildman–Crippen MR) is 73.4 cm³/mol. The fourth-order valence-corrected chi connectivity index (χ4v) is 2.39. The fourth-order valence-electron chi connectivity index (χ4n) is 2.39. The van der Waals surface area contributed by atoms with E-state index in [9.17, 15) is 9.65 Å². The molecule has 0 saturated carbocycles. The van der Waals surface area contributed by atoms with Crippen molar-refractivity contribution in [2.45, 2.75) is 12.8 Å². The number of halogens is 1. The number of aryl methyl sites for hydroxylation is 1. The predicted octanol–water partition coefficient (Wildman–Crippen LogP) is 1.99. The number of piperazine rings is 1. The Morgan fingerprint density at radius 2 is 2.00 bits per heavy atom.